The fraction of sp³-hybridized carbons (Fsp3) is 0.381. The van der Waals surface area contributed by atoms with Crippen LogP contribution in [0.25, 0.3) is 0 Å². The van der Waals surface area contributed by atoms with Gasteiger partial charge in [-0.05, 0) is 31.0 Å². The topological polar surface area (TPSA) is 89.0 Å². The first-order chi connectivity index (χ1) is 14.0. The maximum Gasteiger partial charge on any atom is 0.195 e. The Morgan fingerprint density at radius 1 is 1.10 bits per heavy atom. The Balaban J connectivity index is 0.00000450. The summed E-state index contributed by atoms with van der Waals surface area (Å²) in [5, 5.41) is 6.30. The molecule has 0 aliphatic heterocycles. The van der Waals surface area contributed by atoms with E-state index in [0.29, 0.717) is 37.0 Å². The average molecular weight is 547 g/mol. The molecule has 7 nitrogen and oxygen atoms in total. The predicted molar refractivity (Wildman–Crippen MR) is 133 cm³/mol. The molecule has 0 bridgehead atoms. The molecule has 0 saturated carbocycles. The minimum absolute atomic E-state index is 0. The molecule has 0 saturated heterocycles. The van der Waals surface area contributed by atoms with Crippen LogP contribution in [0.2, 0.25) is 0 Å². The molecule has 0 unspecified atom stereocenters. The van der Waals surface area contributed by atoms with Gasteiger partial charge >= 0.3 is 0 Å². The van der Waals surface area contributed by atoms with Crippen LogP contribution in [0.4, 0.5) is 5.69 Å². The van der Waals surface area contributed by atoms with Gasteiger partial charge in [-0.3, -0.25) is 4.99 Å². The molecule has 0 aromatic heterocycles. The van der Waals surface area contributed by atoms with Gasteiger partial charge in [0.25, 0.3) is 0 Å². The molecular weight excluding hydrogens is 517 g/mol. The number of methoxy groups -OCH3 is 1. The van der Waals surface area contributed by atoms with Crippen molar-refractivity contribution in [3.8, 4) is 11.5 Å². The van der Waals surface area contributed by atoms with Gasteiger partial charge in [-0.1, -0.05) is 30.3 Å². The van der Waals surface area contributed by atoms with Gasteiger partial charge in [0.15, 0.2) is 27.3 Å². The quantitative estimate of drug-likeness (QED) is 0.204. The van der Waals surface area contributed by atoms with Gasteiger partial charge in [-0.2, -0.15) is 0 Å². The number of hydrogen-bond acceptors (Lipinski definition) is 5. The van der Waals surface area contributed by atoms with Gasteiger partial charge in [-0.25, -0.2) is 8.42 Å². The molecule has 0 aliphatic carbocycles. The van der Waals surface area contributed by atoms with Gasteiger partial charge in [0.2, 0.25) is 0 Å². The number of aliphatic imine (C=N–C) groups is 1. The lowest BCUT2D eigenvalue weighted by atomic mass is 10.2. The van der Waals surface area contributed by atoms with Crippen LogP contribution in [0.5, 0.6) is 11.5 Å². The molecule has 0 radical (unpaired) electrons. The summed E-state index contributed by atoms with van der Waals surface area (Å²) in [5.74, 6) is 2.03. The fourth-order valence-electron chi connectivity index (χ4n) is 2.74. The second-order valence-electron chi connectivity index (χ2n) is 6.35. The van der Waals surface area contributed by atoms with E-state index in [1.54, 1.807) is 14.2 Å². The van der Waals surface area contributed by atoms with E-state index in [0.717, 1.165) is 11.3 Å². The van der Waals surface area contributed by atoms with Crippen molar-refractivity contribution in [1.29, 1.82) is 0 Å². The van der Waals surface area contributed by atoms with E-state index in [9.17, 15) is 8.42 Å². The molecule has 0 atom stereocenters. The molecule has 9 heteroatoms. The monoisotopic (exact) mass is 547 g/mol. The van der Waals surface area contributed by atoms with Crippen LogP contribution in [0.3, 0.4) is 0 Å². The van der Waals surface area contributed by atoms with E-state index in [1.165, 1.54) is 0 Å². The molecule has 30 heavy (non-hydrogen) atoms. The first-order valence-electron chi connectivity index (χ1n) is 9.50. The number of benzene rings is 2. The molecule has 0 heterocycles. The Labute approximate surface area is 196 Å². The maximum absolute atomic E-state index is 12.3. The van der Waals surface area contributed by atoms with Crippen molar-refractivity contribution in [3.05, 3.63) is 54.1 Å². The predicted octanol–water partition coefficient (Wildman–Crippen LogP) is 3.70. The smallest absolute Gasteiger partial charge is 0.195 e. The number of sulfone groups is 1. The summed E-state index contributed by atoms with van der Waals surface area (Å²) < 4.78 is 35.4. The number of anilines is 1. The van der Waals surface area contributed by atoms with Crippen molar-refractivity contribution in [2.75, 3.05) is 38.4 Å². The zero-order valence-corrected chi connectivity index (χ0v) is 20.7. The lowest BCUT2D eigenvalue weighted by Crippen LogP contribution is -2.32. The number of rotatable bonds is 10. The zero-order chi connectivity index (χ0) is 21.1. The largest absolute Gasteiger partial charge is 0.493 e. The molecule has 2 rings (SSSR count). The first-order valence-corrected chi connectivity index (χ1v) is 11.3. The average Bonchev–Trinajstić information content (AvgIpc) is 2.71. The highest BCUT2D eigenvalue weighted by Gasteiger charge is 2.12. The third kappa shape index (κ3) is 8.78. The lowest BCUT2D eigenvalue weighted by Gasteiger charge is -2.14. The summed E-state index contributed by atoms with van der Waals surface area (Å²) in [5.41, 5.74) is 1.59. The molecule has 166 valence electrons. The second-order valence-corrected chi connectivity index (χ2v) is 8.54. The first kappa shape index (κ1) is 26.0. The summed E-state index contributed by atoms with van der Waals surface area (Å²) >= 11 is 0. The van der Waals surface area contributed by atoms with Crippen LogP contribution >= 0.6 is 24.0 Å². The molecule has 0 aliphatic rings. The van der Waals surface area contributed by atoms with E-state index < -0.39 is 9.84 Å². The van der Waals surface area contributed by atoms with E-state index in [-0.39, 0.29) is 35.5 Å². The second kappa shape index (κ2) is 13.3. The number of ether oxygens (including phenoxy) is 2. The molecule has 2 aromatic rings. The van der Waals surface area contributed by atoms with Crippen molar-refractivity contribution in [2.24, 2.45) is 4.99 Å². The number of halogens is 1. The van der Waals surface area contributed by atoms with Gasteiger partial charge in [0.1, 0.15) is 0 Å². The molecule has 2 aromatic carbocycles. The van der Waals surface area contributed by atoms with Crippen LogP contribution in [0.1, 0.15) is 18.9 Å². The van der Waals surface area contributed by atoms with Crippen LogP contribution in [-0.4, -0.2) is 47.4 Å². The summed E-state index contributed by atoms with van der Waals surface area (Å²) in [6, 6.07) is 14.7. The Kier molecular flexibility index (Phi) is 11.6. The number of nitrogens with zero attached hydrogens (tertiary/aromatic N) is 1. The van der Waals surface area contributed by atoms with Gasteiger partial charge in [0.05, 0.1) is 25.2 Å². The lowest BCUT2D eigenvalue weighted by molar-refractivity contribution is 0.311. The van der Waals surface area contributed by atoms with Crippen molar-refractivity contribution in [2.45, 2.75) is 19.1 Å². The molecular formula is C21H30IN3O4S. The molecule has 0 fully saturated rings. The Hall–Kier alpha value is -2.01. The highest BCUT2D eigenvalue weighted by Crippen LogP contribution is 2.30. The van der Waals surface area contributed by atoms with Crippen LogP contribution in [0.15, 0.2) is 53.5 Å². The van der Waals surface area contributed by atoms with Crippen molar-refractivity contribution in [1.82, 2.24) is 5.32 Å². The van der Waals surface area contributed by atoms with Gasteiger partial charge in [0, 0.05) is 25.3 Å². The number of hydrogen-bond donors (Lipinski definition) is 2. The zero-order valence-electron chi connectivity index (χ0n) is 17.6. The molecule has 0 spiro atoms. The normalized spacial score (nSPS) is 11.4. The summed E-state index contributed by atoms with van der Waals surface area (Å²) in [4.78, 5) is 4.17. The standard InChI is InChI=1S/C21H29N3O4S.HI/c1-4-28-19-12-11-18(15-20(19)27-3)24-21(22-2)23-13-8-14-29(25,26)16-17-9-6-5-7-10-17;/h5-7,9-12,15H,4,8,13-14,16H2,1-3H3,(H2,22,23,24);1H. The number of nitrogens with one attached hydrogen (secondary N) is 2. The van der Waals surface area contributed by atoms with E-state index in [4.69, 9.17) is 9.47 Å². The minimum atomic E-state index is -3.15. The van der Waals surface area contributed by atoms with Crippen molar-refractivity contribution >= 4 is 45.5 Å². The van der Waals surface area contributed by atoms with E-state index in [2.05, 4.69) is 15.6 Å². The summed E-state index contributed by atoms with van der Waals surface area (Å²) in [6.07, 6.45) is 0.489. The van der Waals surface area contributed by atoms with Crippen LogP contribution in [0, 0.1) is 0 Å². The van der Waals surface area contributed by atoms with E-state index >= 15 is 0 Å². The third-order valence-electron chi connectivity index (χ3n) is 4.10. The Morgan fingerprint density at radius 2 is 1.83 bits per heavy atom. The SMILES string of the molecule is CCOc1ccc(NC(=NC)NCCCS(=O)(=O)Cc2ccccc2)cc1OC.I. The molecule has 0 amide bonds. The maximum atomic E-state index is 12.3. The Morgan fingerprint density at radius 3 is 2.47 bits per heavy atom. The summed E-state index contributed by atoms with van der Waals surface area (Å²) in [7, 11) is 0.0997. The summed E-state index contributed by atoms with van der Waals surface area (Å²) in [6.45, 7) is 2.96. The Bertz CT molecular complexity index is 906. The fourth-order valence-corrected chi connectivity index (χ4v) is 4.16. The van der Waals surface area contributed by atoms with Gasteiger partial charge in [-0.15, -0.1) is 24.0 Å². The third-order valence-corrected chi connectivity index (χ3v) is 5.79. The van der Waals surface area contributed by atoms with Crippen LogP contribution in [-0.2, 0) is 15.6 Å². The highest BCUT2D eigenvalue weighted by atomic mass is 127. The van der Waals surface area contributed by atoms with E-state index in [1.807, 2.05) is 55.5 Å². The van der Waals surface area contributed by atoms with Gasteiger partial charge < -0.3 is 20.1 Å². The van der Waals surface area contributed by atoms with Crippen molar-refractivity contribution < 1.29 is 17.9 Å². The number of guanidine groups is 1. The molecule has 2 N–H and O–H groups in total. The van der Waals surface area contributed by atoms with Crippen LogP contribution < -0.4 is 20.1 Å². The minimum Gasteiger partial charge on any atom is -0.493 e. The highest BCUT2D eigenvalue weighted by molar-refractivity contribution is 14.0. The van der Waals surface area contributed by atoms with Crippen molar-refractivity contribution in [3.63, 3.8) is 0 Å².